The van der Waals surface area contributed by atoms with Gasteiger partial charge in [0.1, 0.15) is 5.01 Å². The number of nitrogens with zero attached hydrogens (tertiary/aromatic N) is 1. The molecule has 0 aliphatic rings. The van der Waals surface area contributed by atoms with E-state index in [-0.39, 0.29) is 5.41 Å². The highest BCUT2D eigenvalue weighted by atomic mass is 32.1. The lowest BCUT2D eigenvalue weighted by molar-refractivity contribution is 0.571. The van der Waals surface area contributed by atoms with Crippen molar-refractivity contribution in [1.29, 1.82) is 0 Å². The average molecular weight is 288 g/mol. The van der Waals surface area contributed by atoms with Crippen molar-refractivity contribution >= 4 is 17.0 Å². The first-order valence-corrected chi connectivity index (χ1v) is 8.15. The number of para-hydroxylation sites is 1. The fourth-order valence-electron chi connectivity index (χ4n) is 2.09. The molecule has 0 unspecified atom stereocenters. The summed E-state index contributed by atoms with van der Waals surface area (Å²) in [5.74, 6) is 0. The molecule has 0 fully saturated rings. The molecule has 1 N–H and O–H groups in total. The molecule has 2 rings (SSSR count). The van der Waals surface area contributed by atoms with E-state index in [4.69, 9.17) is 4.98 Å². The van der Waals surface area contributed by atoms with Crippen molar-refractivity contribution in [3.8, 4) is 0 Å². The van der Waals surface area contributed by atoms with Crippen molar-refractivity contribution in [3.05, 3.63) is 45.9 Å². The molecule has 1 heterocycles. The summed E-state index contributed by atoms with van der Waals surface area (Å²) in [6.07, 6.45) is 2.29. The Bertz CT molecular complexity index is 552. The Balaban J connectivity index is 2.04. The van der Waals surface area contributed by atoms with Crippen LogP contribution < -0.4 is 5.32 Å². The number of rotatable bonds is 5. The van der Waals surface area contributed by atoms with Crippen LogP contribution in [-0.4, -0.2) is 4.98 Å². The summed E-state index contributed by atoms with van der Waals surface area (Å²) in [6.45, 7) is 9.64. The third-order valence-corrected chi connectivity index (χ3v) is 4.14. The van der Waals surface area contributed by atoms with E-state index < -0.39 is 0 Å². The lowest BCUT2D eigenvalue weighted by Crippen LogP contribution is -2.12. The molecule has 1 aromatic heterocycles. The highest BCUT2D eigenvalue weighted by Crippen LogP contribution is 2.25. The quantitative estimate of drug-likeness (QED) is 0.837. The topological polar surface area (TPSA) is 24.9 Å². The zero-order valence-corrected chi connectivity index (χ0v) is 13.7. The summed E-state index contributed by atoms with van der Waals surface area (Å²) < 4.78 is 0. The summed E-state index contributed by atoms with van der Waals surface area (Å²) in [7, 11) is 0. The van der Waals surface area contributed by atoms with E-state index in [2.05, 4.69) is 62.7 Å². The molecule has 0 spiro atoms. The van der Waals surface area contributed by atoms with E-state index in [0.717, 1.165) is 18.0 Å². The molecular formula is C17H24N2S. The third kappa shape index (κ3) is 3.83. The second-order valence-corrected chi connectivity index (χ2v) is 7.08. The number of thiazole rings is 1. The van der Waals surface area contributed by atoms with Crippen molar-refractivity contribution in [2.45, 2.75) is 52.5 Å². The minimum Gasteiger partial charge on any atom is -0.378 e. The number of anilines is 1. The van der Waals surface area contributed by atoms with Gasteiger partial charge in [0.2, 0.25) is 0 Å². The number of aryl methyl sites for hydroxylation is 1. The van der Waals surface area contributed by atoms with Gasteiger partial charge in [-0.05, 0) is 18.1 Å². The summed E-state index contributed by atoms with van der Waals surface area (Å²) >= 11 is 1.74. The Morgan fingerprint density at radius 3 is 2.60 bits per heavy atom. The normalized spacial score (nSPS) is 11.6. The zero-order valence-electron chi connectivity index (χ0n) is 12.9. The Kier molecular flexibility index (Phi) is 4.81. The molecular weight excluding hydrogens is 264 g/mol. The van der Waals surface area contributed by atoms with Gasteiger partial charge in [0.15, 0.2) is 0 Å². The van der Waals surface area contributed by atoms with Crippen molar-refractivity contribution in [2.75, 3.05) is 5.32 Å². The average Bonchev–Trinajstić information content (AvgIpc) is 2.87. The number of hydrogen-bond donors (Lipinski definition) is 1. The molecule has 0 atom stereocenters. The SMILES string of the molecule is CCCc1ccccc1NCc1nc(C(C)(C)C)cs1. The Hall–Kier alpha value is -1.35. The number of hydrogen-bond acceptors (Lipinski definition) is 3. The van der Waals surface area contributed by atoms with E-state index >= 15 is 0 Å². The predicted molar refractivity (Wildman–Crippen MR) is 88.6 cm³/mol. The summed E-state index contributed by atoms with van der Waals surface area (Å²) in [6, 6.07) is 8.55. The minimum absolute atomic E-state index is 0.134. The van der Waals surface area contributed by atoms with E-state index in [1.807, 2.05) is 0 Å². The van der Waals surface area contributed by atoms with E-state index in [1.165, 1.54) is 23.4 Å². The van der Waals surface area contributed by atoms with E-state index in [1.54, 1.807) is 11.3 Å². The van der Waals surface area contributed by atoms with Crippen LogP contribution in [0.1, 0.15) is 50.4 Å². The maximum atomic E-state index is 4.73. The first-order chi connectivity index (χ1) is 9.50. The second kappa shape index (κ2) is 6.40. The zero-order chi connectivity index (χ0) is 14.6. The predicted octanol–water partition coefficient (Wildman–Crippen LogP) is 5.01. The maximum Gasteiger partial charge on any atom is 0.112 e. The first-order valence-electron chi connectivity index (χ1n) is 7.27. The third-order valence-electron chi connectivity index (χ3n) is 3.29. The lowest BCUT2D eigenvalue weighted by atomic mass is 9.93. The van der Waals surface area contributed by atoms with Crippen molar-refractivity contribution in [1.82, 2.24) is 4.98 Å². The summed E-state index contributed by atoms with van der Waals surface area (Å²) in [5.41, 5.74) is 3.94. The standard InChI is InChI=1S/C17H24N2S/c1-5-8-13-9-6-7-10-14(13)18-11-16-19-15(12-20-16)17(2,3)4/h6-7,9-10,12,18H,5,8,11H2,1-4H3. The molecule has 2 nitrogen and oxygen atoms in total. The number of nitrogens with one attached hydrogen (secondary N) is 1. The van der Waals surface area contributed by atoms with Gasteiger partial charge in [-0.15, -0.1) is 11.3 Å². The molecule has 108 valence electrons. The number of benzene rings is 1. The highest BCUT2D eigenvalue weighted by molar-refractivity contribution is 7.09. The van der Waals surface area contributed by atoms with Gasteiger partial charge < -0.3 is 5.32 Å². The molecule has 0 bridgehead atoms. The van der Waals surface area contributed by atoms with Crippen LogP contribution in [0.25, 0.3) is 0 Å². The van der Waals surface area contributed by atoms with Gasteiger partial charge in [-0.3, -0.25) is 0 Å². The molecule has 0 saturated carbocycles. The van der Waals surface area contributed by atoms with Crippen LogP contribution in [0.3, 0.4) is 0 Å². The monoisotopic (exact) mass is 288 g/mol. The van der Waals surface area contributed by atoms with Gasteiger partial charge in [-0.2, -0.15) is 0 Å². The molecule has 0 amide bonds. The smallest absolute Gasteiger partial charge is 0.112 e. The van der Waals surface area contributed by atoms with Crippen LogP contribution in [0.5, 0.6) is 0 Å². The molecule has 0 aliphatic heterocycles. The molecule has 20 heavy (non-hydrogen) atoms. The summed E-state index contributed by atoms with van der Waals surface area (Å²) in [5, 5.41) is 6.86. The number of aromatic nitrogens is 1. The van der Waals surface area contributed by atoms with E-state index in [9.17, 15) is 0 Å². The van der Waals surface area contributed by atoms with Crippen LogP contribution in [0.4, 0.5) is 5.69 Å². The minimum atomic E-state index is 0.134. The van der Waals surface area contributed by atoms with Crippen molar-refractivity contribution in [2.24, 2.45) is 0 Å². The van der Waals surface area contributed by atoms with Gasteiger partial charge in [-0.1, -0.05) is 52.3 Å². The molecule has 3 heteroatoms. The van der Waals surface area contributed by atoms with Crippen LogP contribution in [0, 0.1) is 0 Å². The van der Waals surface area contributed by atoms with Crippen LogP contribution in [0.2, 0.25) is 0 Å². The molecule has 0 aliphatic carbocycles. The largest absolute Gasteiger partial charge is 0.378 e. The molecule has 2 aromatic rings. The lowest BCUT2D eigenvalue weighted by Gasteiger charge is -2.14. The fourth-order valence-corrected chi connectivity index (χ4v) is 3.05. The van der Waals surface area contributed by atoms with Crippen molar-refractivity contribution in [3.63, 3.8) is 0 Å². The Morgan fingerprint density at radius 1 is 1.20 bits per heavy atom. The van der Waals surface area contributed by atoms with Gasteiger partial charge in [0.05, 0.1) is 12.2 Å². The second-order valence-electron chi connectivity index (χ2n) is 6.14. The molecule has 0 saturated heterocycles. The van der Waals surface area contributed by atoms with Gasteiger partial charge in [0, 0.05) is 16.5 Å². The summed E-state index contributed by atoms with van der Waals surface area (Å²) in [4.78, 5) is 4.73. The van der Waals surface area contributed by atoms with Gasteiger partial charge in [-0.25, -0.2) is 4.98 Å². The molecule has 0 radical (unpaired) electrons. The Morgan fingerprint density at radius 2 is 1.95 bits per heavy atom. The first kappa shape index (κ1) is 15.0. The fraction of sp³-hybridized carbons (Fsp3) is 0.471. The Labute approximate surface area is 126 Å². The van der Waals surface area contributed by atoms with E-state index in [0.29, 0.717) is 0 Å². The van der Waals surface area contributed by atoms with Crippen LogP contribution in [0.15, 0.2) is 29.6 Å². The van der Waals surface area contributed by atoms with Gasteiger partial charge in [0.25, 0.3) is 0 Å². The highest BCUT2D eigenvalue weighted by Gasteiger charge is 2.17. The van der Waals surface area contributed by atoms with Crippen LogP contribution in [-0.2, 0) is 18.4 Å². The molecule has 1 aromatic carbocycles. The van der Waals surface area contributed by atoms with Crippen LogP contribution >= 0.6 is 11.3 Å². The maximum absolute atomic E-state index is 4.73. The van der Waals surface area contributed by atoms with Gasteiger partial charge >= 0.3 is 0 Å². The van der Waals surface area contributed by atoms with Crippen molar-refractivity contribution < 1.29 is 0 Å².